The Morgan fingerprint density at radius 1 is 1.27 bits per heavy atom. The summed E-state index contributed by atoms with van der Waals surface area (Å²) in [6.45, 7) is -0.114. The van der Waals surface area contributed by atoms with Crippen LogP contribution in [-0.4, -0.2) is 31.5 Å². The van der Waals surface area contributed by atoms with Gasteiger partial charge < -0.3 is 4.90 Å². The zero-order valence-corrected chi connectivity index (χ0v) is 12.3. The minimum Gasteiger partial charge on any atom is -0.338 e. The van der Waals surface area contributed by atoms with Crippen LogP contribution in [0.4, 0.5) is 13.2 Å². The Bertz CT molecular complexity index is 673. The van der Waals surface area contributed by atoms with Crippen molar-refractivity contribution in [2.24, 2.45) is 11.1 Å². The van der Waals surface area contributed by atoms with Crippen LogP contribution in [0, 0.1) is 5.92 Å². The fraction of sp³-hybridized carbons (Fsp3) is 0.462. The molecule has 9 heteroatoms. The Kier molecular flexibility index (Phi) is 4.48. The molecule has 1 aromatic carbocycles. The van der Waals surface area contributed by atoms with Crippen molar-refractivity contribution in [2.75, 3.05) is 12.3 Å². The van der Waals surface area contributed by atoms with E-state index in [4.69, 9.17) is 5.14 Å². The third-order valence-electron chi connectivity index (χ3n) is 3.45. The minimum absolute atomic E-state index is 0.0143. The number of benzene rings is 1. The van der Waals surface area contributed by atoms with E-state index in [0.717, 1.165) is 6.07 Å². The standard InChI is InChI=1S/C13H15F3N2O3S/c14-13(15,16)11-4-2-1-3-10(11)7-18-6-9(5-12(18)19)8-22(17,20)21/h1-4,9H,5-8H2,(H2,17,20,21). The molecule has 22 heavy (non-hydrogen) atoms. The third-order valence-corrected chi connectivity index (χ3v) is 4.38. The summed E-state index contributed by atoms with van der Waals surface area (Å²) in [6.07, 6.45) is -4.52. The van der Waals surface area contributed by atoms with Crippen molar-refractivity contribution < 1.29 is 26.4 Å². The van der Waals surface area contributed by atoms with E-state index in [9.17, 15) is 26.4 Å². The van der Waals surface area contributed by atoms with E-state index in [1.54, 1.807) is 0 Å². The van der Waals surface area contributed by atoms with Gasteiger partial charge in [-0.05, 0) is 11.6 Å². The number of sulfonamides is 1. The molecule has 1 amide bonds. The highest BCUT2D eigenvalue weighted by atomic mass is 32.2. The molecule has 2 rings (SSSR count). The van der Waals surface area contributed by atoms with Gasteiger partial charge in [-0.25, -0.2) is 13.6 Å². The van der Waals surface area contributed by atoms with Crippen molar-refractivity contribution in [3.63, 3.8) is 0 Å². The summed E-state index contributed by atoms with van der Waals surface area (Å²) in [5.41, 5.74) is -0.808. The summed E-state index contributed by atoms with van der Waals surface area (Å²) < 4.78 is 60.8. The fourth-order valence-corrected chi connectivity index (χ4v) is 3.47. The van der Waals surface area contributed by atoms with Crippen LogP contribution in [0.2, 0.25) is 0 Å². The number of nitrogens with zero attached hydrogens (tertiary/aromatic N) is 1. The second-order valence-corrected chi connectivity index (χ2v) is 6.99. The Morgan fingerprint density at radius 2 is 1.91 bits per heavy atom. The molecule has 0 aromatic heterocycles. The molecule has 1 heterocycles. The van der Waals surface area contributed by atoms with Crippen LogP contribution in [0.25, 0.3) is 0 Å². The van der Waals surface area contributed by atoms with Gasteiger partial charge in [0.05, 0.1) is 11.3 Å². The van der Waals surface area contributed by atoms with Crippen molar-refractivity contribution in [3.8, 4) is 0 Å². The van der Waals surface area contributed by atoms with Gasteiger partial charge in [0, 0.05) is 25.4 Å². The minimum atomic E-state index is -4.50. The smallest absolute Gasteiger partial charge is 0.338 e. The molecule has 5 nitrogen and oxygen atoms in total. The molecule has 1 unspecified atom stereocenters. The molecule has 2 N–H and O–H groups in total. The number of hydrogen-bond donors (Lipinski definition) is 1. The molecule has 0 radical (unpaired) electrons. The zero-order chi connectivity index (χ0) is 16.5. The number of carbonyl (C=O) groups is 1. The lowest BCUT2D eigenvalue weighted by Crippen LogP contribution is -2.28. The number of likely N-dealkylation sites (tertiary alicyclic amines) is 1. The first-order valence-corrected chi connectivity index (χ1v) is 8.21. The third kappa shape index (κ3) is 4.20. The highest BCUT2D eigenvalue weighted by Crippen LogP contribution is 2.33. The highest BCUT2D eigenvalue weighted by Gasteiger charge is 2.36. The molecule has 1 aromatic rings. The van der Waals surface area contributed by atoms with Gasteiger partial charge in [-0.2, -0.15) is 13.2 Å². The van der Waals surface area contributed by atoms with Gasteiger partial charge in [-0.15, -0.1) is 0 Å². The van der Waals surface area contributed by atoms with Gasteiger partial charge in [-0.3, -0.25) is 4.79 Å². The number of amides is 1. The second kappa shape index (κ2) is 5.88. The number of halogens is 3. The Morgan fingerprint density at radius 3 is 2.50 bits per heavy atom. The van der Waals surface area contributed by atoms with Crippen molar-refractivity contribution >= 4 is 15.9 Å². The van der Waals surface area contributed by atoms with Crippen molar-refractivity contribution in [1.82, 2.24) is 4.90 Å². The van der Waals surface area contributed by atoms with Crippen LogP contribution in [0.15, 0.2) is 24.3 Å². The molecule has 122 valence electrons. The van der Waals surface area contributed by atoms with Crippen LogP contribution in [0.5, 0.6) is 0 Å². The average Bonchev–Trinajstić information content (AvgIpc) is 2.66. The van der Waals surface area contributed by atoms with E-state index in [2.05, 4.69) is 0 Å². The summed E-state index contributed by atoms with van der Waals surface area (Å²) in [7, 11) is -3.72. The number of alkyl halides is 3. The zero-order valence-electron chi connectivity index (χ0n) is 11.5. The maximum absolute atomic E-state index is 12.9. The van der Waals surface area contributed by atoms with Crippen LogP contribution < -0.4 is 5.14 Å². The summed E-state index contributed by atoms with van der Waals surface area (Å²) in [4.78, 5) is 13.1. The van der Waals surface area contributed by atoms with Gasteiger partial charge in [-0.1, -0.05) is 18.2 Å². The molecule has 0 bridgehead atoms. The predicted octanol–water partition coefficient (Wildman–Crippen LogP) is 1.34. The van der Waals surface area contributed by atoms with E-state index in [1.807, 2.05) is 0 Å². The van der Waals surface area contributed by atoms with E-state index in [-0.39, 0.29) is 36.7 Å². The first-order valence-electron chi connectivity index (χ1n) is 6.49. The molecular formula is C13H15F3N2O3S. The Balaban J connectivity index is 2.14. The van der Waals surface area contributed by atoms with Crippen molar-refractivity contribution in [3.05, 3.63) is 35.4 Å². The Labute approximate surface area is 125 Å². The lowest BCUT2D eigenvalue weighted by atomic mass is 10.1. The Hall–Kier alpha value is -1.61. The summed E-state index contributed by atoms with van der Waals surface area (Å²) in [5, 5.41) is 4.93. The first kappa shape index (κ1) is 16.8. The predicted molar refractivity (Wildman–Crippen MR) is 72.9 cm³/mol. The second-order valence-electron chi connectivity index (χ2n) is 5.33. The molecular weight excluding hydrogens is 321 g/mol. The van der Waals surface area contributed by atoms with Crippen LogP contribution >= 0.6 is 0 Å². The first-order chi connectivity index (χ1) is 10.1. The fourth-order valence-electron chi connectivity index (χ4n) is 2.59. The summed E-state index contributed by atoms with van der Waals surface area (Å²) >= 11 is 0. The van der Waals surface area contributed by atoms with Gasteiger partial charge >= 0.3 is 6.18 Å². The lowest BCUT2D eigenvalue weighted by molar-refractivity contribution is -0.139. The average molecular weight is 336 g/mol. The summed E-state index contributed by atoms with van der Waals surface area (Å²) in [6, 6.07) is 5.01. The SMILES string of the molecule is NS(=O)(=O)CC1CC(=O)N(Cc2ccccc2C(F)(F)F)C1. The maximum atomic E-state index is 12.9. The molecule has 1 saturated heterocycles. The van der Waals surface area contributed by atoms with Gasteiger partial charge in [0.15, 0.2) is 0 Å². The largest absolute Gasteiger partial charge is 0.416 e. The van der Waals surface area contributed by atoms with E-state index < -0.39 is 27.7 Å². The van der Waals surface area contributed by atoms with Crippen LogP contribution in [0.1, 0.15) is 17.5 Å². The van der Waals surface area contributed by atoms with Crippen LogP contribution in [0.3, 0.4) is 0 Å². The van der Waals surface area contributed by atoms with Gasteiger partial charge in [0.1, 0.15) is 0 Å². The molecule has 1 aliphatic heterocycles. The van der Waals surface area contributed by atoms with Gasteiger partial charge in [0.2, 0.25) is 15.9 Å². The number of carbonyl (C=O) groups excluding carboxylic acids is 1. The lowest BCUT2D eigenvalue weighted by Gasteiger charge is -2.19. The molecule has 1 aliphatic rings. The number of nitrogens with two attached hydrogens (primary N) is 1. The maximum Gasteiger partial charge on any atom is 0.416 e. The number of rotatable bonds is 4. The van der Waals surface area contributed by atoms with Crippen LogP contribution in [-0.2, 0) is 27.5 Å². The van der Waals surface area contributed by atoms with E-state index in [1.165, 1.54) is 23.1 Å². The van der Waals surface area contributed by atoms with Crippen molar-refractivity contribution in [2.45, 2.75) is 19.1 Å². The topological polar surface area (TPSA) is 80.5 Å². The quantitative estimate of drug-likeness (QED) is 0.901. The van der Waals surface area contributed by atoms with E-state index in [0.29, 0.717) is 0 Å². The summed E-state index contributed by atoms with van der Waals surface area (Å²) in [5.74, 6) is -1.21. The van der Waals surface area contributed by atoms with Gasteiger partial charge in [0.25, 0.3) is 0 Å². The van der Waals surface area contributed by atoms with E-state index >= 15 is 0 Å². The number of primary sulfonamides is 1. The molecule has 1 atom stereocenters. The molecule has 1 fully saturated rings. The van der Waals surface area contributed by atoms with Crippen molar-refractivity contribution in [1.29, 1.82) is 0 Å². The number of hydrogen-bond acceptors (Lipinski definition) is 3. The normalized spacial score (nSPS) is 19.7. The highest BCUT2D eigenvalue weighted by molar-refractivity contribution is 7.89. The molecule has 0 spiro atoms. The molecule has 0 aliphatic carbocycles. The monoisotopic (exact) mass is 336 g/mol. The molecule has 0 saturated carbocycles.